The SMILES string of the molecule is C1=C(c2cncc3[nH]c(-c4[nH]nc5ncc(-c6cccnc6)cc45)nc23)CCS1.CC.CCC(=O)Nc1cncc(-c2cnc3n[nH]c(-c4nc5c(-c6ccsc6)cncc5[nH]4)c3c2)c1. The second-order valence-corrected chi connectivity index (χ2v) is 16.4. The van der Waals surface area contributed by atoms with E-state index in [1.807, 2.05) is 93.2 Å². The van der Waals surface area contributed by atoms with Gasteiger partial charge in [-0.2, -0.15) is 21.5 Å². The highest BCUT2D eigenvalue weighted by molar-refractivity contribution is 8.02. The van der Waals surface area contributed by atoms with Crippen molar-refractivity contribution in [3.05, 3.63) is 120 Å². The Labute approximate surface area is 379 Å². The Morgan fingerprint density at radius 3 is 1.94 bits per heavy atom. The lowest BCUT2D eigenvalue weighted by Crippen LogP contribution is -2.09. The van der Waals surface area contributed by atoms with Gasteiger partial charge in [-0.05, 0) is 64.1 Å². The van der Waals surface area contributed by atoms with E-state index < -0.39 is 0 Å². The molecule has 1 amide bonds. The fourth-order valence-electron chi connectivity index (χ4n) is 7.48. The van der Waals surface area contributed by atoms with Crippen molar-refractivity contribution < 1.29 is 4.79 Å². The van der Waals surface area contributed by atoms with Crippen LogP contribution in [-0.2, 0) is 4.79 Å². The molecule has 12 heterocycles. The predicted octanol–water partition coefficient (Wildman–Crippen LogP) is 10.5. The quantitative estimate of drug-likeness (QED) is 0.0961. The van der Waals surface area contributed by atoms with Crippen molar-refractivity contribution in [2.45, 2.75) is 33.6 Å². The van der Waals surface area contributed by atoms with Gasteiger partial charge in [-0.15, -0.1) is 11.8 Å². The molecule has 0 saturated heterocycles. The van der Waals surface area contributed by atoms with Crippen LogP contribution in [0.15, 0.2) is 115 Å². The van der Waals surface area contributed by atoms with Crippen LogP contribution in [0.5, 0.6) is 0 Å². The van der Waals surface area contributed by atoms with E-state index in [0.717, 1.165) is 101 Å². The summed E-state index contributed by atoms with van der Waals surface area (Å²) >= 11 is 3.47. The number of rotatable bonds is 8. The number of fused-ring (bicyclic) bond motifs is 4. The lowest BCUT2D eigenvalue weighted by molar-refractivity contribution is -0.115. The molecule has 0 fully saturated rings. The van der Waals surface area contributed by atoms with E-state index >= 15 is 0 Å². The standard InChI is InChI=1S/C24H18N8OS.C21H15N7S.C2H6/c1-2-20(33)28-16-5-14(7-25-9-16)15-6-17-22(31-32-23(17)27-8-15)24-29-19-11-26-10-18(21(19)30-24)13-3-4-34-12-13;1-2-12(7-22-4-1)14-6-15-19(27-28-20(15)24-8-14)21-25-17-10-23-9-16(18(17)26-21)13-3-5-29-11-13;1-2/h3-12H,2H2,1H3,(H,28,33)(H,29,30)(H,27,31,32);1-2,4,6-11H,3,5H2,(H,25,26)(H,24,27,28);1-2H3. The van der Waals surface area contributed by atoms with Crippen molar-refractivity contribution in [2.75, 3.05) is 11.1 Å². The molecular weight excluding hydrogens is 855 g/mol. The van der Waals surface area contributed by atoms with Crippen molar-refractivity contribution in [1.29, 1.82) is 0 Å². The fourth-order valence-corrected chi connectivity index (χ4v) is 9.03. The monoisotopic (exact) mass is 893 g/mol. The first-order valence-electron chi connectivity index (χ1n) is 20.9. The second-order valence-electron chi connectivity index (χ2n) is 14.6. The van der Waals surface area contributed by atoms with E-state index in [4.69, 9.17) is 9.97 Å². The van der Waals surface area contributed by atoms with E-state index in [9.17, 15) is 4.79 Å². The summed E-state index contributed by atoms with van der Waals surface area (Å²) in [4.78, 5) is 54.5. The van der Waals surface area contributed by atoms with Crippen molar-refractivity contribution in [1.82, 2.24) is 70.2 Å². The topological polar surface area (TPSA) is 221 Å². The van der Waals surface area contributed by atoms with Gasteiger partial charge < -0.3 is 15.3 Å². The zero-order valence-corrected chi connectivity index (χ0v) is 36.9. The first-order chi connectivity index (χ1) is 32.1. The highest BCUT2D eigenvalue weighted by atomic mass is 32.2. The maximum absolute atomic E-state index is 11.8. The van der Waals surface area contributed by atoms with E-state index in [1.54, 1.807) is 42.3 Å². The van der Waals surface area contributed by atoms with Crippen LogP contribution in [0.25, 0.3) is 106 Å². The first-order valence-corrected chi connectivity index (χ1v) is 22.9. The molecule has 11 aromatic rings. The predicted molar refractivity (Wildman–Crippen MR) is 259 cm³/mol. The number of H-pyrrole nitrogens is 4. The van der Waals surface area contributed by atoms with Crippen molar-refractivity contribution in [2.24, 2.45) is 0 Å². The summed E-state index contributed by atoms with van der Waals surface area (Å²) in [5, 5.41) is 25.8. The molecule has 65 heavy (non-hydrogen) atoms. The molecule has 16 nitrogen and oxygen atoms in total. The summed E-state index contributed by atoms with van der Waals surface area (Å²) in [5.41, 5.74) is 15.1. The third-order valence-electron chi connectivity index (χ3n) is 10.6. The Balaban J connectivity index is 0.000000149. The van der Waals surface area contributed by atoms with Crippen LogP contribution < -0.4 is 5.32 Å². The molecule has 0 unspecified atom stereocenters. The number of allylic oxidation sites excluding steroid dienone is 1. The van der Waals surface area contributed by atoms with Crippen LogP contribution in [0, 0.1) is 0 Å². The van der Waals surface area contributed by atoms with E-state index in [2.05, 4.69) is 88.5 Å². The lowest BCUT2D eigenvalue weighted by atomic mass is 10.1. The Morgan fingerprint density at radius 2 is 1.32 bits per heavy atom. The summed E-state index contributed by atoms with van der Waals surface area (Å²) in [6, 6.07) is 11.9. The number of carbonyl (C=O) groups is 1. The average molecular weight is 894 g/mol. The minimum atomic E-state index is -0.0640. The van der Waals surface area contributed by atoms with Crippen molar-refractivity contribution in [3.63, 3.8) is 0 Å². The van der Waals surface area contributed by atoms with Crippen LogP contribution in [0.2, 0.25) is 0 Å². The molecule has 5 N–H and O–H groups in total. The normalized spacial score (nSPS) is 12.3. The average Bonchev–Trinajstić information content (AvgIpc) is 4.22. The minimum Gasteiger partial charge on any atom is -0.335 e. The van der Waals surface area contributed by atoms with Gasteiger partial charge in [0.15, 0.2) is 22.9 Å². The highest BCUT2D eigenvalue weighted by Crippen LogP contribution is 2.36. The Morgan fingerprint density at radius 1 is 0.692 bits per heavy atom. The van der Waals surface area contributed by atoms with Crippen LogP contribution >= 0.6 is 23.1 Å². The number of aromatic amines is 4. The number of amides is 1. The summed E-state index contributed by atoms with van der Waals surface area (Å²) in [6.07, 6.45) is 19.3. The summed E-state index contributed by atoms with van der Waals surface area (Å²) in [6.45, 7) is 5.81. The van der Waals surface area contributed by atoms with Crippen molar-refractivity contribution >= 4 is 84.4 Å². The third-order valence-corrected chi connectivity index (χ3v) is 12.2. The zero-order chi connectivity index (χ0) is 44.3. The Kier molecular flexibility index (Phi) is 11.4. The van der Waals surface area contributed by atoms with Gasteiger partial charge in [0.2, 0.25) is 5.91 Å². The molecule has 0 aliphatic carbocycles. The number of anilines is 1. The number of thioether (sulfide) groups is 1. The first kappa shape index (κ1) is 41.1. The van der Waals surface area contributed by atoms with Gasteiger partial charge in [-0.3, -0.25) is 34.9 Å². The van der Waals surface area contributed by atoms with Gasteiger partial charge in [0, 0.05) is 88.9 Å². The number of carbonyl (C=O) groups excluding carboxylic acids is 1. The molecule has 0 saturated carbocycles. The van der Waals surface area contributed by atoms with Gasteiger partial charge in [0.05, 0.1) is 51.6 Å². The molecule has 1 aliphatic heterocycles. The van der Waals surface area contributed by atoms with E-state index in [-0.39, 0.29) is 5.91 Å². The molecule has 18 heteroatoms. The Bertz CT molecular complexity index is 3500. The van der Waals surface area contributed by atoms with Crippen LogP contribution in [0.3, 0.4) is 0 Å². The number of hydrogen-bond acceptors (Lipinski definition) is 13. The molecule has 0 atom stereocenters. The van der Waals surface area contributed by atoms with Gasteiger partial charge >= 0.3 is 0 Å². The molecular formula is C47H39N15OS2. The van der Waals surface area contributed by atoms with Crippen molar-refractivity contribution in [3.8, 4) is 56.4 Å². The molecule has 1 aliphatic rings. The molecule has 0 radical (unpaired) electrons. The number of nitrogens with zero attached hydrogens (tertiary/aromatic N) is 10. The fraction of sp³-hybridized carbons (Fsp3) is 0.128. The van der Waals surface area contributed by atoms with E-state index in [0.29, 0.717) is 29.2 Å². The summed E-state index contributed by atoms with van der Waals surface area (Å²) in [5.74, 6) is 2.43. The van der Waals surface area contributed by atoms with Gasteiger partial charge in [0.25, 0.3) is 0 Å². The highest BCUT2D eigenvalue weighted by Gasteiger charge is 2.20. The van der Waals surface area contributed by atoms with Crippen LogP contribution in [-0.4, -0.2) is 81.9 Å². The number of pyridine rings is 6. The molecule has 320 valence electrons. The minimum absolute atomic E-state index is 0.0640. The van der Waals surface area contributed by atoms with Gasteiger partial charge in [-0.1, -0.05) is 26.8 Å². The van der Waals surface area contributed by atoms with E-state index in [1.165, 1.54) is 5.57 Å². The smallest absolute Gasteiger partial charge is 0.224 e. The molecule has 11 aromatic heterocycles. The molecule has 0 spiro atoms. The Hall–Kier alpha value is -7.96. The van der Waals surface area contributed by atoms with Gasteiger partial charge in [0.1, 0.15) is 16.9 Å². The zero-order valence-electron chi connectivity index (χ0n) is 35.3. The number of imidazole rings is 2. The maximum Gasteiger partial charge on any atom is 0.224 e. The molecule has 0 aromatic carbocycles. The largest absolute Gasteiger partial charge is 0.335 e. The third kappa shape index (κ3) is 8.11. The molecule has 12 rings (SSSR count). The number of nitrogens with one attached hydrogen (secondary N) is 5. The summed E-state index contributed by atoms with van der Waals surface area (Å²) in [7, 11) is 0. The number of thiophene rings is 1. The van der Waals surface area contributed by atoms with Crippen LogP contribution in [0.1, 0.15) is 39.2 Å². The summed E-state index contributed by atoms with van der Waals surface area (Å²) < 4.78 is 0. The van der Waals surface area contributed by atoms with Crippen LogP contribution in [0.4, 0.5) is 5.69 Å². The van der Waals surface area contributed by atoms with Gasteiger partial charge in [-0.25, -0.2) is 19.9 Å². The second kappa shape index (κ2) is 18.0. The number of hydrogen-bond donors (Lipinski definition) is 5. The lowest BCUT2D eigenvalue weighted by Gasteiger charge is -2.06. The molecule has 0 bridgehead atoms. The number of aromatic nitrogens is 14. The maximum atomic E-state index is 11.8.